The highest BCUT2D eigenvalue weighted by molar-refractivity contribution is 5.82. The molecule has 0 radical (unpaired) electrons. The first-order valence-corrected chi connectivity index (χ1v) is 3.90. The molecule has 1 rings (SSSR count). The van der Waals surface area contributed by atoms with Crippen LogP contribution in [0.2, 0.25) is 0 Å². The number of hydrogen-bond acceptors (Lipinski definition) is 3. The molecular formula is C8H13NO2. The summed E-state index contributed by atoms with van der Waals surface area (Å²) in [7, 11) is 0. The van der Waals surface area contributed by atoms with Gasteiger partial charge in [0.1, 0.15) is 0 Å². The molecule has 3 heteroatoms. The molecule has 0 aromatic carbocycles. The van der Waals surface area contributed by atoms with Crippen molar-refractivity contribution in [2.24, 2.45) is 0 Å². The zero-order valence-electron chi connectivity index (χ0n) is 6.72. The molecule has 0 aromatic rings. The Kier molecular flexibility index (Phi) is 3.11. The number of carbonyl (C=O) groups excluding carboxylic acids is 1. The first kappa shape index (κ1) is 8.27. The van der Waals surface area contributed by atoms with Gasteiger partial charge in [-0.25, -0.2) is 4.79 Å². The molecule has 0 atom stereocenters. The molecule has 0 aromatic heterocycles. The van der Waals surface area contributed by atoms with Gasteiger partial charge in [-0.15, -0.1) is 0 Å². The number of esters is 1. The number of rotatable bonds is 2. The Morgan fingerprint density at radius 1 is 1.82 bits per heavy atom. The van der Waals surface area contributed by atoms with Gasteiger partial charge in [-0.1, -0.05) is 0 Å². The predicted octanol–water partition coefficient (Wildman–Crippen LogP) is 0.469. The molecule has 0 unspecified atom stereocenters. The third kappa shape index (κ3) is 2.72. The van der Waals surface area contributed by atoms with E-state index in [1.807, 2.05) is 6.92 Å². The lowest BCUT2D eigenvalue weighted by Gasteiger charge is -1.96. The molecular weight excluding hydrogens is 142 g/mol. The van der Waals surface area contributed by atoms with Crippen molar-refractivity contribution < 1.29 is 9.53 Å². The van der Waals surface area contributed by atoms with E-state index in [-0.39, 0.29) is 5.97 Å². The number of ether oxygens (including phenoxy) is 1. The molecule has 1 N–H and O–H groups in total. The maximum atomic E-state index is 10.9. The highest BCUT2D eigenvalue weighted by atomic mass is 16.5. The van der Waals surface area contributed by atoms with E-state index in [0.29, 0.717) is 6.61 Å². The second-order valence-corrected chi connectivity index (χ2v) is 2.48. The van der Waals surface area contributed by atoms with Gasteiger partial charge in [0, 0.05) is 12.6 Å². The van der Waals surface area contributed by atoms with E-state index in [0.717, 1.165) is 25.1 Å². The van der Waals surface area contributed by atoms with Crippen LogP contribution in [0.5, 0.6) is 0 Å². The molecule has 0 aliphatic carbocycles. The second-order valence-electron chi connectivity index (χ2n) is 2.48. The van der Waals surface area contributed by atoms with Crippen LogP contribution in [0.25, 0.3) is 0 Å². The Morgan fingerprint density at radius 3 is 3.18 bits per heavy atom. The van der Waals surface area contributed by atoms with Crippen LogP contribution in [0.3, 0.4) is 0 Å². The van der Waals surface area contributed by atoms with Crippen molar-refractivity contribution in [3.05, 3.63) is 11.6 Å². The minimum atomic E-state index is -0.216. The van der Waals surface area contributed by atoms with Crippen LogP contribution in [0.15, 0.2) is 11.6 Å². The van der Waals surface area contributed by atoms with E-state index in [9.17, 15) is 4.79 Å². The predicted molar refractivity (Wildman–Crippen MR) is 42.2 cm³/mol. The minimum absolute atomic E-state index is 0.216. The Bertz CT molecular complexity index is 167. The minimum Gasteiger partial charge on any atom is -0.463 e. The summed E-state index contributed by atoms with van der Waals surface area (Å²) in [5.41, 5.74) is 1.14. The van der Waals surface area contributed by atoms with Gasteiger partial charge in [0.05, 0.1) is 6.61 Å². The van der Waals surface area contributed by atoms with Crippen LogP contribution in [0.1, 0.15) is 13.3 Å². The molecule has 11 heavy (non-hydrogen) atoms. The van der Waals surface area contributed by atoms with Crippen molar-refractivity contribution >= 4 is 5.97 Å². The molecule has 0 amide bonds. The molecule has 0 saturated carbocycles. The SMILES string of the molecule is CCOC(=O)C=C1CCNC1. The van der Waals surface area contributed by atoms with Crippen molar-refractivity contribution in [1.29, 1.82) is 0 Å². The van der Waals surface area contributed by atoms with Crippen molar-refractivity contribution in [2.75, 3.05) is 19.7 Å². The third-order valence-corrected chi connectivity index (χ3v) is 1.58. The topological polar surface area (TPSA) is 38.3 Å². The van der Waals surface area contributed by atoms with Crippen molar-refractivity contribution in [1.82, 2.24) is 5.32 Å². The van der Waals surface area contributed by atoms with Gasteiger partial charge in [-0.05, 0) is 25.5 Å². The third-order valence-electron chi connectivity index (χ3n) is 1.58. The summed E-state index contributed by atoms with van der Waals surface area (Å²) in [6, 6.07) is 0. The summed E-state index contributed by atoms with van der Waals surface area (Å²) in [4.78, 5) is 10.9. The summed E-state index contributed by atoms with van der Waals surface area (Å²) >= 11 is 0. The van der Waals surface area contributed by atoms with Crippen LogP contribution >= 0.6 is 0 Å². The molecule has 1 heterocycles. The molecule has 0 spiro atoms. The van der Waals surface area contributed by atoms with Crippen LogP contribution in [-0.2, 0) is 9.53 Å². The summed E-state index contributed by atoms with van der Waals surface area (Å²) in [5.74, 6) is -0.216. The molecule has 0 bridgehead atoms. The van der Waals surface area contributed by atoms with Crippen LogP contribution < -0.4 is 5.32 Å². The Morgan fingerprint density at radius 2 is 2.64 bits per heavy atom. The molecule has 3 nitrogen and oxygen atoms in total. The van der Waals surface area contributed by atoms with Gasteiger partial charge >= 0.3 is 5.97 Å². The number of hydrogen-bond donors (Lipinski definition) is 1. The van der Waals surface area contributed by atoms with Crippen molar-refractivity contribution in [3.63, 3.8) is 0 Å². The van der Waals surface area contributed by atoms with Crippen LogP contribution in [0, 0.1) is 0 Å². The quantitative estimate of drug-likeness (QED) is 0.465. The molecule has 1 saturated heterocycles. The average Bonchev–Trinajstić information content (AvgIpc) is 2.40. The zero-order chi connectivity index (χ0) is 8.10. The monoisotopic (exact) mass is 155 g/mol. The lowest BCUT2D eigenvalue weighted by molar-refractivity contribution is -0.137. The first-order valence-electron chi connectivity index (χ1n) is 3.90. The van der Waals surface area contributed by atoms with E-state index in [1.165, 1.54) is 0 Å². The Balaban J connectivity index is 2.36. The molecule has 1 aliphatic heterocycles. The summed E-state index contributed by atoms with van der Waals surface area (Å²) < 4.78 is 4.76. The largest absolute Gasteiger partial charge is 0.463 e. The fraction of sp³-hybridized carbons (Fsp3) is 0.625. The van der Waals surface area contributed by atoms with Crippen LogP contribution in [-0.4, -0.2) is 25.7 Å². The van der Waals surface area contributed by atoms with Gasteiger partial charge in [-0.2, -0.15) is 0 Å². The number of carbonyl (C=O) groups is 1. The lowest BCUT2D eigenvalue weighted by atomic mass is 10.2. The van der Waals surface area contributed by atoms with E-state index in [2.05, 4.69) is 5.32 Å². The fourth-order valence-electron chi connectivity index (χ4n) is 1.06. The van der Waals surface area contributed by atoms with Gasteiger partial charge in [0.25, 0.3) is 0 Å². The summed E-state index contributed by atoms with van der Waals surface area (Å²) in [5, 5.41) is 3.14. The van der Waals surface area contributed by atoms with Gasteiger partial charge in [0.2, 0.25) is 0 Å². The van der Waals surface area contributed by atoms with Gasteiger partial charge in [0.15, 0.2) is 0 Å². The van der Waals surface area contributed by atoms with Crippen molar-refractivity contribution in [2.45, 2.75) is 13.3 Å². The normalized spacial score (nSPS) is 20.6. The molecule has 1 aliphatic rings. The second kappa shape index (κ2) is 4.13. The summed E-state index contributed by atoms with van der Waals surface area (Å²) in [6.07, 6.45) is 2.56. The highest BCUT2D eigenvalue weighted by Crippen LogP contribution is 2.05. The smallest absolute Gasteiger partial charge is 0.330 e. The Hall–Kier alpha value is -0.830. The van der Waals surface area contributed by atoms with Gasteiger partial charge in [-0.3, -0.25) is 0 Å². The maximum Gasteiger partial charge on any atom is 0.330 e. The van der Waals surface area contributed by atoms with E-state index in [1.54, 1.807) is 6.08 Å². The maximum absolute atomic E-state index is 10.9. The standard InChI is InChI=1S/C8H13NO2/c1-2-11-8(10)5-7-3-4-9-6-7/h5,9H,2-4,6H2,1H3. The first-order chi connectivity index (χ1) is 5.33. The van der Waals surface area contributed by atoms with E-state index < -0.39 is 0 Å². The van der Waals surface area contributed by atoms with E-state index in [4.69, 9.17) is 4.74 Å². The molecule has 1 fully saturated rings. The lowest BCUT2D eigenvalue weighted by Crippen LogP contribution is -2.06. The number of nitrogens with one attached hydrogen (secondary N) is 1. The fourth-order valence-corrected chi connectivity index (χ4v) is 1.06. The van der Waals surface area contributed by atoms with Crippen LogP contribution in [0.4, 0.5) is 0 Å². The van der Waals surface area contributed by atoms with Gasteiger partial charge < -0.3 is 10.1 Å². The molecule has 62 valence electrons. The van der Waals surface area contributed by atoms with Crippen molar-refractivity contribution in [3.8, 4) is 0 Å². The summed E-state index contributed by atoms with van der Waals surface area (Å²) in [6.45, 7) is 4.07. The highest BCUT2D eigenvalue weighted by Gasteiger charge is 2.07. The van der Waals surface area contributed by atoms with E-state index >= 15 is 0 Å². The average molecular weight is 155 g/mol. The zero-order valence-corrected chi connectivity index (χ0v) is 6.72. The Labute approximate surface area is 66.4 Å².